The standard InChI is InChI=1S/C28H35N3O5/c1-4-35-25(28(32)33-2)19-20-9-12-23(13-10-20)36-18-17-31-16-15-22-11-14-24(29-27(22)31)26(30-34-3)21-7-5-6-8-21/h9-16,21,25H,4-8,17-19H2,1-3H3. The van der Waals surface area contributed by atoms with E-state index in [9.17, 15) is 4.79 Å². The zero-order valence-corrected chi connectivity index (χ0v) is 21.3. The lowest BCUT2D eigenvalue weighted by molar-refractivity contribution is -0.153. The van der Waals surface area contributed by atoms with Gasteiger partial charge < -0.3 is 23.6 Å². The molecule has 0 aliphatic heterocycles. The number of pyridine rings is 1. The molecule has 36 heavy (non-hydrogen) atoms. The summed E-state index contributed by atoms with van der Waals surface area (Å²) in [6.07, 6.45) is 6.60. The van der Waals surface area contributed by atoms with E-state index >= 15 is 0 Å². The van der Waals surface area contributed by atoms with Crippen LogP contribution < -0.4 is 4.74 Å². The number of methoxy groups -OCH3 is 1. The fourth-order valence-electron chi connectivity index (χ4n) is 4.75. The van der Waals surface area contributed by atoms with Gasteiger partial charge in [-0.2, -0.15) is 0 Å². The molecule has 1 aromatic carbocycles. The van der Waals surface area contributed by atoms with Gasteiger partial charge in [0.1, 0.15) is 30.8 Å². The van der Waals surface area contributed by atoms with Crippen LogP contribution in [0, 0.1) is 5.92 Å². The summed E-state index contributed by atoms with van der Waals surface area (Å²) in [6.45, 7) is 3.47. The van der Waals surface area contributed by atoms with E-state index in [1.54, 1.807) is 7.11 Å². The number of nitrogens with zero attached hydrogens (tertiary/aromatic N) is 3. The quantitative estimate of drug-likeness (QED) is 0.205. The average Bonchev–Trinajstić information content (AvgIpc) is 3.58. The van der Waals surface area contributed by atoms with E-state index in [1.807, 2.05) is 43.5 Å². The second-order valence-electron chi connectivity index (χ2n) is 8.92. The first kappa shape index (κ1) is 25.7. The number of oxime groups is 1. The molecule has 2 heterocycles. The molecule has 0 N–H and O–H groups in total. The van der Waals surface area contributed by atoms with Crippen LogP contribution in [0.3, 0.4) is 0 Å². The Morgan fingerprint density at radius 2 is 1.89 bits per heavy atom. The Morgan fingerprint density at radius 3 is 2.58 bits per heavy atom. The zero-order valence-electron chi connectivity index (χ0n) is 21.3. The summed E-state index contributed by atoms with van der Waals surface area (Å²) in [5.41, 5.74) is 3.72. The topological polar surface area (TPSA) is 84.2 Å². The van der Waals surface area contributed by atoms with E-state index in [0.29, 0.717) is 32.1 Å². The van der Waals surface area contributed by atoms with Crippen LogP contribution in [0.4, 0.5) is 0 Å². The minimum absolute atomic E-state index is 0.364. The van der Waals surface area contributed by atoms with Crippen molar-refractivity contribution in [1.29, 1.82) is 0 Å². The van der Waals surface area contributed by atoms with Gasteiger partial charge in [0.2, 0.25) is 0 Å². The highest BCUT2D eigenvalue weighted by atomic mass is 16.6. The van der Waals surface area contributed by atoms with Crippen molar-refractivity contribution in [3.63, 3.8) is 0 Å². The van der Waals surface area contributed by atoms with Crippen molar-refractivity contribution in [2.75, 3.05) is 27.4 Å². The van der Waals surface area contributed by atoms with Crippen LogP contribution in [-0.4, -0.2) is 54.8 Å². The van der Waals surface area contributed by atoms with Gasteiger partial charge in [0.05, 0.1) is 19.3 Å². The number of benzene rings is 1. The molecule has 1 saturated carbocycles. The van der Waals surface area contributed by atoms with Gasteiger partial charge in [-0.1, -0.05) is 30.1 Å². The van der Waals surface area contributed by atoms with E-state index in [-0.39, 0.29) is 5.97 Å². The summed E-state index contributed by atoms with van der Waals surface area (Å²) < 4.78 is 18.4. The van der Waals surface area contributed by atoms with Crippen LogP contribution in [-0.2, 0) is 32.1 Å². The van der Waals surface area contributed by atoms with Crippen LogP contribution in [0.5, 0.6) is 5.75 Å². The van der Waals surface area contributed by atoms with E-state index in [2.05, 4.69) is 21.9 Å². The van der Waals surface area contributed by atoms with Crippen molar-refractivity contribution < 1.29 is 23.8 Å². The average molecular weight is 494 g/mol. The summed E-state index contributed by atoms with van der Waals surface area (Å²) in [6, 6.07) is 13.9. The lowest BCUT2D eigenvalue weighted by Crippen LogP contribution is -2.28. The molecule has 3 aromatic rings. The maximum Gasteiger partial charge on any atom is 0.335 e. The zero-order chi connectivity index (χ0) is 25.3. The third kappa shape index (κ3) is 6.23. The SMILES string of the molecule is CCOC(Cc1ccc(OCCn2ccc3ccc(C(=NOC)C4CCCC4)nc32)cc1)C(=O)OC. The summed E-state index contributed by atoms with van der Waals surface area (Å²) in [5, 5.41) is 5.42. The smallest absolute Gasteiger partial charge is 0.335 e. The van der Waals surface area contributed by atoms with E-state index < -0.39 is 6.10 Å². The molecule has 8 nitrogen and oxygen atoms in total. The molecule has 1 atom stereocenters. The Kier molecular flexibility index (Phi) is 8.95. The number of carbonyl (C=O) groups excluding carboxylic acids is 1. The first-order chi connectivity index (χ1) is 17.6. The van der Waals surface area contributed by atoms with Gasteiger partial charge >= 0.3 is 5.97 Å². The number of fused-ring (bicyclic) bond motifs is 1. The minimum atomic E-state index is -0.603. The lowest BCUT2D eigenvalue weighted by atomic mass is 9.98. The van der Waals surface area contributed by atoms with Crippen LogP contribution in [0.25, 0.3) is 11.0 Å². The van der Waals surface area contributed by atoms with E-state index in [4.69, 9.17) is 24.0 Å². The fraction of sp³-hybridized carbons (Fsp3) is 0.464. The highest BCUT2D eigenvalue weighted by molar-refractivity contribution is 6.01. The van der Waals surface area contributed by atoms with E-state index in [0.717, 1.165) is 46.6 Å². The highest BCUT2D eigenvalue weighted by Crippen LogP contribution is 2.29. The van der Waals surface area contributed by atoms with Crippen molar-refractivity contribution in [2.45, 2.75) is 51.7 Å². The van der Waals surface area contributed by atoms with Gasteiger partial charge in [-0.05, 0) is 55.7 Å². The van der Waals surface area contributed by atoms with Crippen LogP contribution in [0.15, 0.2) is 53.8 Å². The van der Waals surface area contributed by atoms with Gasteiger partial charge in [-0.3, -0.25) is 0 Å². The number of ether oxygens (including phenoxy) is 3. The predicted molar refractivity (Wildman–Crippen MR) is 138 cm³/mol. The van der Waals surface area contributed by atoms with Crippen LogP contribution in [0.2, 0.25) is 0 Å². The molecule has 1 aliphatic carbocycles. The molecular formula is C28H35N3O5. The number of carbonyl (C=O) groups is 1. The largest absolute Gasteiger partial charge is 0.492 e. The lowest BCUT2D eigenvalue weighted by Gasteiger charge is -2.15. The van der Waals surface area contributed by atoms with Gasteiger partial charge in [-0.25, -0.2) is 9.78 Å². The second kappa shape index (κ2) is 12.5. The van der Waals surface area contributed by atoms with Crippen LogP contribution >= 0.6 is 0 Å². The molecule has 0 bridgehead atoms. The summed E-state index contributed by atoms with van der Waals surface area (Å²) >= 11 is 0. The van der Waals surface area contributed by atoms with Gasteiger partial charge in [0.25, 0.3) is 0 Å². The second-order valence-corrected chi connectivity index (χ2v) is 8.92. The number of hydrogen-bond acceptors (Lipinski definition) is 7. The molecule has 0 amide bonds. The molecule has 1 aliphatic rings. The van der Waals surface area contributed by atoms with Crippen LogP contribution in [0.1, 0.15) is 43.9 Å². The maximum absolute atomic E-state index is 11.9. The summed E-state index contributed by atoms with van der Waals surface area (Å²) in [5.74, 6) is 0.809. The van der Waals surface area contributed by atoms with Gasteiger partial charge in [-0.15, -0.1) is 0 Å². The Labute approximate surface area is 212 Å². The third-order valence-electron chi connectivity index (χ3n) is 6.58. The fourth-order valence-corrected chi connectivity index (χ4v) is 4.75. The molecule has 8 heteroatoms. The van der Waals surface area contributed by atoms with Crippen molar-refractivity contribution in [3.05, 3.63) is 59.9 Å². The Morgan fingerprint density at radius 1 is 1.11 bits per heavy atom. The maximum atomic E-state index is 11.9. The molecule has 1 unspecified atom stereocenters. The molecule has 0 saturated heterocycles. The Hall–Kier alpha value is -3.39. The Balaban J connectivity index is 1.38. The molecule has 0 spiro atoms. The normalized spacial score (nSPS) is 15.2. The van der Waals surface area contributed by atoms with E-state index in [1.165, 1.54) is 20.0 Å². The third-order valence-corrected chi connectivity index (χ3v) is 6.58. The number of hydrogen-bond donors (Lipinski definition) is 0. The summed E-state index contributed by atoms with van der Waals surface area (Å²) in [7, 11) is 2.97. The van der Waals surface area contributed by atoms with Crippen molar-refractivity contribution in [3.8, 4) is 5.75 Å². The number of esters is 1. The first-order valence-electron chi connectivity index (χ1n) is 12.6. The summed E-state index contributed by atoms with van der Waals surface area (Å²) in [4.78, 5) is 22.0. The monoisotopic (exact) mass is 493 g/mol. The minimum Gasteiger partial charge on any atom is -0.492 e. The molecular weight excluding hydrogens is 458 g/mol. The van der Waals surface area contributed by atoms with Crippen molar-refractivity contribution >= 4 is 22.7 Å². The highest BCUT2D eigenvalue weighted by Gasteiger charge is 2.24. The molecule has 0 radical (unpaired) electrons. The number of rotatable bonds is 12. The van der Waals surface area contributed by atoms with Crippen molar-refractivity contribution in [1.82, 2.24) is 9.55 Å². The molecule has 1 fully saturated rings. The molecule has 192 valence electrons. The molecule has 4 rings (SSSR count). The molecule has 2 aromatic heterocycles. The first-order valence-corrected chi connectivity index (χ1v) is 12.6. The predicted octanol–water partition coefficient (Wildman–Crippen LogP) is 4.78. The van der Waals surface area contributed by atoms with Crippen molar-refractivity contribution in [2.24, 2.45) is 11.1 Å². The van der Waals surface area contributed by atoms with Gasteiger partial charge in [0.15, 0.2) is 6.10 Å². The van der Waals surface area contributed by atoms with Gasteiger partial charge in [0, 0.05) is 30.5 Å². The number of aromatic nitrogens is 2. The Bertz CT molecular complexity index is 1170.